The molecule has 1 saturated heterocycles. The minimum atomic E-state index is -0.343. The van der Waals surface area contributed by atoms with Crippen LogP contribution in [0.15, 0.2) is 54.6 Å². The molecule has 0 bridgehead atoms. The second-order valence-electron chi connectivity index (χ2n) is 7.47. The van der Waals surface area contributed by atoms with Crippen LogP contribution < -0.4 is 5.32 Å². The van der Waals surface area contributed by atoms with Crippen molar-refractivity contribution in [2.24, 2.45) is 5.92 Å². The molecule has 0 aromatic heterocycles. The van der Waals surface area contributed by atoms with Crippen LogP contribution in [0.2, 0.25) is 0 Å². The number of carbonyl (C=O) groups excluding carboxylic acids is 2. The Balaban J connectivity index is 1.38. The summed E-state index contributed by atoms with van der Waals surface area (Å²) >= 11 is 1.33. The number of nitrogens with one attached hydrogen (secondary N) is 1. The van der Waals surface area contributed by atoms with Crippen LogP contribution in [-0.4, -0.2) is 40.8 Å². The fraction of sp³-hybridized carbons (Fsp3) is 0.391. The molecule has 0 spiro atoms. The number of halogens is 1. The number of amides is 2. The van der Waals surface area contributed by atoms with Gasteiger partial charge in [-0.05, 0) is 61.9 Å². The third kappa shape index (κ3) is 6.60. The van der Waals surface area contributed by atoms with Crippen molar-refractivity contribution in [2.75, 3.05) is 24.2 Å². The number of carbonyl (C=O) groups is 2. The van der Waals surface area contributed by atoms with E-state index in [-0.39, 0.29) is 28.6 Å². The molecule has 0 aliphatic carbocycles. The first-order chi connectivity index (χ1) is 14.0. The predicted octanol–water partition coefficient (Wildman–Crippen LogP) is 4.37. The number of hydrogen-bond donors (Lipinski definition) is 1. The number of benzene rings is 2. The summed E-state index contributed by atoms with van der Waals surface area (Å²) in [5.74, 6) is 0.370. The highest BCUT2D eigenvalue weighted by atomic mass is 32.2. The van der Waals surface area contributed by atoms with Crippen LogP contribution in [0, 0.1) is 11.7 Å². The van der Waals surface area contributed by atoms with Gasteiger partial charge < -0.3 is 10.2 Å². The normalized spacial score (nSPS) is 15.7. The van der Waals surface area contributed by atoms with Gasteiger partial charge in [0, 0.05) is 18.8 Å². The van der Waals surface area contributed by atoms with Crippen molar-refractivity contribution in [3.8, 4) is 0 Å². The van der Waals surface area contributed by atoms with Crippen LogP contribution in [0.4, 0.5) is 10.1 Å². The van der Waals surface area contributed by atoms with Crippen molar-refractivity contribution in [3.05, 3.63) is 66.0 Å². The van der Waals surface area contributed by atoms with E-state index in [0.717, 1.165) is 32.4 Å². The van der Waals surface area contributed by atoms with Gasteiger partial charge in [-0.1, -0.05) is 30.3 Å². The summed E-state index contributed by atoms with van der Waals surface area (Å²) < 4.78 is 12.9. The Morgan fingerprint density at radius 2 is 1.76 bits per heavy atom. The second-order valence-corrected chi connectivity index (χ2v) is 8.80. The number of hydrogen-bond acceptors (Lipinski definition) is 3. The van der Waals surface area contributed by atoms with Gasteiger partial charge in [-0.3, -0.25) is 9.59 Å². The van der Waals surface area contributed by atoms with E-state index < -0.39 is 0 Å². The van der Waals surface area contributed by atoms with Crippen molar-refractivity contribution in [2.45, 2.75) is 31.4 Å². The molecule has 2 aromatic rings. The Morgan fingerprint density at radius 3 is 2.41 bits per heavy atom. The van der Waals surface area contributed by atoms with Gasteiger partial charge in [0.15, 0.2) is 0 Å². The van der Waals surface area contributed by atoms with Crippen LogP contribution in [0.3, 0.4) is 0 Å². The molecule has 1 aliphatic rings. The standard InChI is InChI=1S/C23H27FN2O2S/c1-17(29-16-22(27)25-21-9-7-20(24)8-10-21)23(28)26-13-11-19(12-14-26)15-18-5-3-2-4-6-18/h2-10,17,19H,11-16H2,1H3,(H,25,27). The van der Waals surface area contributed by atoms with Crippen molar-refractivity contribution in [3.63, 3.8) is 0 Å². The molecule has 29 heavy (non-hydrogen) atoms. The van der Waals surface area contributed by atoms with E-state index in [1.165, 1.54) is 41.6 Å². The third-order valence-corrected chi connectivity index (χ3v) is 6.36. The summed E-state index contributed by atoms with van der Waals surface area (Å²) in [5, 5.41) is 2.46. The summed E-state index contributed by atoms with van der Waals surface area (Å²) in [6.07, 6.45) is 3.10. The molecule has 154 valence electrons. The molecule has 4 nitrogen and oxygen atoms in total. The number of nitrogens with zero attached hydrogens (tertiary/aromatic N) is 1. The lowest BCUT2D eigenvalue weighted by Gasteiger charge is -2.33. The maximum Gasteiger partial charge on any atom is 0.235 e. The average molecular weight is 415 g/mol. The Labute approximate surface area is 175 Å². The first-order valence-electron chi connectivity index (χ1n) is 10.0. The topological polar surface area (TPSA) is 49.4 Å². The number of thioether (sulfide) groups is 1. The molecule has 1 fully saturated rings. The molecule has 1 N–H and O–H groups in total. The van der Waals surface area contributed by atoms with Crippen LogP contribution in [0.25, 0.3) is 0 Å². The van der Waals surface area contributed by atoms with Gasteiger partial charge in [0.2, 0.25) is 11.8 Å². The summed E-state index contributed by atoms with van der Waals surface area (Å²) in [6, 6.07) is 16.1. The van der Waals surface area contributed by atoms with E-state index in [2.05, 4.69) is 29.6 Å². The second kappa shape index (κ2) is 10.4. The minimum absolute atomic E-state index is 0.0998. The first-order valence-corrected chi connectivity index (χ1v) is 11.1. The molecule has 0 saturated carbocycles. The van der Waals surface area contributed by atoms with E-state index in [9.17, 15) is 14.0 Å². The SMILES string of the molecule is CC(SCC(=O)Nc1ccc(F)cc1)C(=O)N1CCC(Cc2ccccc2)CC1. The Morgan fingerprint density at radius 1 is 1.10 bits per heavy atom. The molecule has 1 heterocycles. The Kier molecular flexibility index (Phi) is 7.69. The van der Waals surface area contributed by atoms with E-state index in [1.54, 1.807) is 0 Å². The van der Waals surface area contributed by atoms with Crippen molar-refractivity contribution in [1.29, 1.82) is 0 Å². The molecule has 6 heteroatoms. The lowest BCUT2D eigenvalue weighted by Crippen LogP contribution is -2.42. The maximum atomic E-state index is 12.9. The van der Waals surface area contributed by atoms with Gasteiger partial charge in [-0.25, -0.2) is 4.39 Å². The fourth-order valence-electron chi connectivity index (χ4n) is 3.56. The van der Waals surface area contributed by atoms with Gasteiger partial charge in [0.1, 0.15) is 5.82 Å². The van der Waals surface area contributed by atoms with Crippen LogP contribution in [-0.2, 0) is 16.0 Å². The first kappa shape index (κ1) is 21.4. The number of likely N-dealkylation sites (tertiary alicyclic amines) is 1. The molecule has 1 atom stereocenters. The van der Waals surface area contributed by atoms with Gasteiger partial charge in [-0.15, -0.1) is 11.8 Å². The van der Waals surface area contributed by atoms with Gasteiger partial charge >= 0.3 is 0 Å². The number of anilines is 1. The van der Waals surface area contributed by atoms with Crippen molar-refractivity contribution >= 4 is 29.3 Å². The monoisotopic (exact) mass is 414 g/mol. The molecule has 1 unspecified atom stereocenters. The van der Waals surface area contributed by atoms with Gasteiger partial charge in [-0.2, -0.15) is 0 Å². The minimum Gasteiger partial charge on any atom is -0.342 e. The fourth-order valence-corrected chi connectivity index (χ4v) is 4.33. The zero-order valence-corrected chi connectivity index (χ0v) is 17.5. The lowest BCUT2D eigenvalue weighted by molar-refractivity contribution is -0.131. The van der Waals surface area contributed by atoms with Crippen molar-refractivity contribution in [1.82, 2.24) is 4.90 Å². The molecule has 1 aliphatic heterocycles. The highest BCUT2D eigenvalue weighted by Crippen LogP contribution is 2.24. The molecule has 2 amide bonds. The van der Waals surface area contributed by atoms with E-state index in [4.69, 9.17) is 0 Å². The van der Waals surface area contributed by atoms with Gasteiger partial charge in [0.05, 0.1) is 11.0 Å². The van der Waals surface area contributed by atoms with Crippen molar-refractivity contribution < 1.29 is 14.0 Å². The molecule has 3 rings (SSSR count). The predicted molar refractivity (Wildman–Crippen MR) is 116 cm³/mol. The summed E-state index contributed by atoms with van der Waals surface area (Å²) in [4.78, 5) is 26.7. The van der Waals surface area contributed by atoms with Crippen LogP contribution in [0.1, 0.15) is 25.3 Å². The molecular formula is C23H27FN2O2S. The number of rotatable bonds is 7. The Hall–Kier alpha value is -2.34. The molecule has 2 aromatic carbocycles. The summed E-state index contributed by atoms with van der Waals surface area (Å²) in [7, 11) is 0. The summed E-state index contributed by atoms with van der Waals surface area (Å²) in [5.41, 5.74) is 1.91. The van der Waals surface area contributed by atoms with Crippen LogP contribution in [0.5, 0.6) is 0 Å². The lowest BCUT2D eigenvalue weighted by atomic mass is 9.90. The van der Waals surface area contributed by atoms with E-state index >= 15 is 0 Å². The third-order valence-electron chi connectivity index (χ3n) is 5.23. The smallest absolute Gasteiger partial charge is 0.235 e. The maximum absolute atomic E-state index is 12.9. The summed E-state index contributed by atoms with van der Waals surface area (Å²) in [6.45, 7) is 3.42. The largest absolute Gasteiger partial charge is 0.342 e. The van der Waals surface area contributed by atoms with E-state index in [1.807, 2.05) is 17.9 Å². The number of piperidine rings is 1. The van der Waals surface area contributed by atoms with Crippen LogP contribution >= 0.6 is 11.8 Å². The molecule has 0 radical (unpaired) electrons. The zero-order chi connectivity index (χ0) is 20.6. The molecular weight excluding hydrogens is 387 g/mol. The quantitative estimate of drug-likeness (QED) is 0.732. The Bertz CT molecular complexity index is 805. The van der Waals surface area contributed by atoms with E-state index in [0.29, 0.717) is 11.6 Å². The van der Waals surface area contributed by atoms with Gasteiger partial charge in [0.25, 0.3) is 0 Å². The zero-order valence-electron chi connectivity index (χ0n) is 16.6. The highest BCUT2D eigenvalue weighted by molar-refractivity contribution is 8.01. The highest BCUT2D eigenvalue weighted by Gasteiger charge is 2.26. The average Bonchev–Trinajstić information content (AvgIpc) is 2.74.